The molecule has 0 fully saturated rings. The van der Waals surface area contributed by atoms with Gasteiger partial charge >= 0.3 is 0 Å². The van der Waals surface area contributed by atoms with E-state index >= 15 is 0 Å². The summed E-state index contributed by atoms with van der Waals surface area (Å²) in [6, 6.07) is 8.07. The van der Waals surface area contributed by atoms with E-state index in [1.165, 1.54) is 28.2 Å². The van der Waals surface area contributed by atoms with Crippen LogP contribution in [0.15, 0.2) is 24.3 Å². The average molecular weight is 431 g/mol. The van der Waals surface area contributed by atoms with E-state index in [2.05, 4.69) is 31.0 Å². The van der Waals surface area contributed by atoms with Crippen LogP contribution in [0.25, 0.3) is 0 Å². The summed E-state index contributed by atoms with van der Waals surface area (Å²) in [6.07, 6.45) is 2.42. The van der Waals surface area contributed by atoms with Crippen LogP contribution in [-0.4, -0.2) is 32.2 Å². The van der Waals surface area contributed by atoms with Crippen molar-refractivity contribution in [1.29, 1.82) is 0 Å². The number of amides is 2. The highest BCUT2D eigenvalue weighted by molar-refractivity contribution is 7.16. The quantitative estimate of drug-likeness (QED) is 0.540. The van der Waals surface area contributed by atoms with Crippen LogP contribution >= 0.6 is 22.7 Å². The third-order valence-electron chi connectivity index (χ3n) is 4.06. The monoisotopic (exact) mass is 430 g/mol. The molecule has 0 aliphatic heterocycles. The zero-order chi connectivity index (χ0) is 20.6. The number of nitrogens with one attached hydrogen (secondary N) is 2. The fourth-order valence-corrected chi connectivity index (χ4v) is 3.89. The summed E-state index contributed by atoms with van der Waals surface area (Å²) in [5.41, 5.74) is 2.27. The summed E-state index contributed by atoms with van der Waals surface area (Å²) in [5, 5.41) is 23.8. The summed E-state index contributed by atoms with van der Waals surface area (Å²) in [4.78, 5) is 24.2. The molecule has 0 spiro atoms. The second-order valence-corrected chi connectivity index (χ2v) is 8.55. The van der Waals surface area contributed by atoms with Crippen molar-refractivity contribution in [2.75, 3.05) is 5.32 Å². The van der Waals surface area contributed by atoms with Crippen molar-refractivity contribution in [2.45, 2.75) is 46.1 Å². The summed E-state index contributed by atoms with van der Waals surface area (Å²) >= 11 is 2.57. The summed E-state index contributed by atoms with van der Waals surface area (Å²) in [6.45, 7) is 4.53. The van der Waals surface area contributed by atoms with Crippen LogP contribution in [0.3, 0.4) is 0 Å². The van der Waals surface area contributed by atoms with Gasteiger partial charge in [-0.1, -0.05) is 59.4 Å². The van der Waals surface area contributed by atoms with Gasteiger partial charge in [-0.3, -0.25) is 14.9 Å². The molecule has 0 radical (unpaired) electrons. The first kappa shape index (κ1) is 21.0. The molecule has 0 unspecified atom stereocenters. The van der Waals surface area contributed by atoms with Crippen LogP contribution in [-0.2, 0) is 24.2 Å². The third-order valence-corrected chi connectivity index (χ3v) is 6.02. The highest BCUT2D eigenvalue weighted by atomic mass is 32.1. The van der Waals surface area contributed by atoms with Gasteiger partial charge in [0, 0.05) is 19.4 Å². The molecule has 0 atom stereocenters. The predicted octanol–water partition coefficient (Wildman–Crippen LogP) is 3.15. The Labute approximate surface area is 176 Å². The summed E-state index contributed by atoms with van der Waals surface area (Å²) < 4.78 is 0. The lowest BCUT2D eigenvalue weighted by Crippen LogP contribution is -2.22. The zero-order valence-corrected chi connectivity index (χ0v) is 17.9. The number of hydrogen-bond acceptors (Lipinski definition) is 8. The Hall–Kier alpha value is -2.72. The summed E-state index contributed by atoms with van der Waals surface area (Å²) in [7, 11) is 0. The van der Waals surface area contributed by atoms with Crippen LogP contribution in [0, 0.1) is 6.92 Å². The molecule has 1 aromatic carbocycles. The number of aromatic nitrogens is 4. The van der Waals surface area contributed by atoms with Crippen molar-refractivity contribution in [2.24, 2.45) is 0 Å². The Kier molecular flexibility index (Phi) is 7.36. The Bertz CT molecular complexity index is 967. The highest BCUT2D eigenvalue weighted by Gasteiger charge is 2.15. The number of nitrogens with zero attached hydrogens (tertiary/aromatic N) is 4. The van der Waals surface area contributed by atoms with Gasteiger partial charge in [0.25, 0.3) is 5.91 Å². The number of anilines is 1. The van der Waals surface area contributed by atoms with Gasteiger partial charge in [0.1, 0.15) is 10.0 Å². The summed E-state index contributed by atoms with van der Waals surface area (Å²) in [5.74, 6) is -0.348. The van der Waals surface area contributed by atoms with Crippen LogP contribution in [0.1, 0.15) is 50.7 Å². The fraction of sp³-hybridized carbons (Fsp3) is 0.368. The number of aryl methyl sites for hydroxylation is 3. The van der Waals surface area contributed by atoms with E-state index in [1.807, 2.05) is 38.1 Å². The average Bonchev–Trinajstić information content (AvgIpc) is 3.37. The fourth-order valence-electron chi connectivity index (χ4n) is 2.44. The molecular weight excluding hydrogens is 408 g/mol. The van der Waals surface area contributed by atoms with Crippen molar-refractivity contribution in [3.63, 3.8) is 0 Å². The van der Waals surface area contributed by atoms with Gasteiger partial charge in [-0.25, -0.2) is 0 Å². The molecule has 2 N–H and O–H groups in total. The lowest BCUT2D eigenvalue weighted by Gasteiger charge is -2.05. The third kappa shape index (κ3) is 6.40. The largest absolute Gasteiger partial charge is 0.352 e. The van der Waals surface area contributed by atoms with Crippen LogP contribution < -0.4 is 10.6 Å². The Morgan fingerprint density at radius 2 is 1.76 bits per heavy atom. The van der Waals surface area contributed by atoms with E-state index in [0.29, 0.717) is 30.9 Å². The van der Waals surface area contributed by atoms with E-state index in [-0.39, 0.29) is 16.8 Å². The Balaban J connectivity index is 1.39. The normalized spacial score (nSPS) is 10.7. The van der Waals surface area contributed by atoms with Crippen LogP contribution in [0.2, 0.25) is 0 Å². The Morgan fingerprint density at radius 3 is 2.48 bits per heavy atom. The molecule has 2 heterocycles. The molecule has 3 aromatic rings. The second-order valence-electron chi connectivity index (χ2n) is 6.43. The van der Waals surface area contributed by atoms with Crippen molar-refractivity contribution in [3.8, 4) is 0 Å². The van der Waals surface area contributed by atoms with Gasteiger partial charge in [0.15, 0.2) is 0 Å². The molecule has 29 heavy (non-hydrogen) atoms. The first-order valence-electron chi connectivity index (χ1n) is 9.32. The van der Waals surface area contributed by atoms with Crippen molar-refractivity contribution in [3.05, 3.63) is 50.4 Å². The van der Waals surface area contributed by atoms with E-state index in [9.17, 15) is 9.59 Å². The smallest absolute Gasteiger partial charge is 0.288 e. The maximum Gasteiger partial charge on any atom is 0.288 e. The minimum atomic E-state index is -0.344. The molecule has 3 rings (SSSR count). The van der Waals surface area contributed by atoms with Crippen molar-refractivity contribution in [1.82, 2.24) is 25.7 Å². The molecule has 2 amide bonds. The second kappa shape index (κ2) is 10.2. The Morgan fingerprint density at radius 1 is 1.00 bits per heavy atom. The molecule has 2 aromatic heterocycles. The zero-order valence-electron chi connectivity index (χ0n) is 16.3. The number of rotatable bonds is 9. The molecule has 152 valence electrons. The SMILES string of the molecule is CCc1nnc(NC(=O)c2nnc(CCCC(=O)NCc3ccc(C)cc3)s2)s1. The molecule has 0 aliphatic rings. The predicted molar refractivity (Wildman–Crippen MR) is 113 cm³/mol. The maximum absolute atomic E-state index is 12.2. The van der Waals surface area contributed by atoms with Gasteiger partial charge < -0.3 is 5.32 Å². The standard InChI is InChI=1S/C19H22N6O2S2/c1-3-15-22-25-19(29-15)21-17(27)18-24-23-16(28-18)6-4-5-14(26)20-11-13-9-7-12(2)8-10-13/h7-10H,3-6,11H2,1-2H3,(H,20,26)(H,21,25,27). The van der Waals surface area contributed by atoms with Gasteiger partial charge in [-0.15, -0.1) is 20.4 Å². The van der Waals surface area contributed by atoms with Gasteiger partial charge in [0.05, 0.1) is 0 Å². The number of benzene rings is 1. The molecule has 0 bridgehead atoms. The van der Waals surface area contributed by atoms with E-state index < -0.39 is 0 Å². The van der Waals surface area contributed by atoms with Gasteiger partial charge in [0.2, 0.25) is 16.0 Å². The topological polar surface area (TPSA) is 110 Å². The van der Waals surface area contributed by atoms with Gasteiger partial charge in [-0.2, -0.15) is 0 Å². The lowest BCUT2D eigenvalue weighted by molar-refractivity contribution is -0.121. The first-order valence-corrected chi connectivity index (χ1v) is 10.9. The van der Waals surface area contributed by atoms with E-state index in [1.54, 1.807) is 0 Å². The van der Waals surface area contributed by atoms with E-state index in [0.717, 1.165) is 22.0 Å². The molecule has 0 saturated carbocycles. The minimum absolute atomic E-state index is 0.00365. The van der Waals surface area contributed by atoms with Crippen molar-refractivity contribution >= 4 is 39.6 Å². The van der Waals surface area contributed by atoms with E-state index in [4.69, 9.17) is 0 Å². The first-order chi connectivity index (χ1) is 14.0. The van der Waals surface area contributed by atoms with Gasteiger partial charge in [-0.05, 0) is 25.3 Å². The minimum Gasteiger partial charge on any atom is -0.352 e. The number of carbonyl (C=O) groups excluding carboxylic acids is 2. The molecule has 0 aliphatic carbocycles. The molecule has 10 heteroatoms. The van der Waals surface area contributed by atoms with Crippen LogP contribution in [0.4, 0.5) is 5.13 Å². The highest BCUT2D eigenvalue weighted by Crippen LogP contribution is 2.18. The lowest BCUT2D eigenvalue weighted by atomic mass is 10.1. The molecule has 0 saturated heterocycles. The number of hydrogen-bond donors (Lipinski definition) is 2. The van der Waals surface area contributed by atoms with Crippen molar-refractivity contribution < 1.29 is 9.59 Å². The van der Waals surface area contributed by atoms with Crippen LogP contribution in [0.5, 0.6) is 0 Å². The maximum atomic E-state index is 12.2. The molecular formula is C19H22N6O2S2. The molecule has 8 nitrogen and oxygen atoms in total. The number of carbonyl (C=O) groups is 2.